The number of benzene rings is 1. The van der Waals surface area contributed by atoms with E-state index in [1.54, 1.807) is 0 Å². The van der Waals surface area contributed by atoms with Gasteiger partial charge in [0, 0.05) is 0 Å². The van der Waals surface area contributed by atoms with Crippen molar-refractivity contribution < 1.29 is 0 Å². The van der Waals surface area contributed by atoms with E-state index in [2.05, 4.69) is 31.1 Å². The van der Waals surface area contributed by atoms with Crippen LogP contribution in [0.4, 0.5) is 0 Å². The van der Waals surface area contributed by atoms with Crippen LogP contribution in [0.15, 0.2) is 28.4 Å². The summed E-state index contributed by atoms with van der Waals surface area (Å²) >= 11 is 4.13. The molecule has 1 aromatic rings. The van der Waals surface area contributed by atoms with Crippen LogP contribution in [0.25, 0.3) is 6.08 Å². The zero-order valence-corrected chi connectivity index (χ0v) is 12.0. The first kappa shape index (κ1) is 11.1. The van der Waals surface area contributed by atoms with Crippen LogP contribution >= 0.6 is 11.6 Å². The summed E-state index contributed by atoms with van der Waals surface area (Å²) in [6, 6.07) is 7.97. The van der Waals surface area contributed by atoms with Gasteiger partial charge in [0.05, 0.1) is 0 Å². The van der Waals surface area contributed by atoms with Crippen LogP contribution in [0.3, 0.4) is 0 Å². The Morgan fingerprint density at radius 1 is 1.23 bits per heavy atom. The molecule has 0 unspecified atom stereocenters. The van der Waals surface area contributed by atoms with E-state index in [0.717, 1.165) is 5.02 Å². The summed E-state index contributed by atoms with van der Waals surface area (Å²) < 4.78 is 2.39. The van der Waals surface area contributed by atoms with Crippen LogP contribution < -0.4 is 0 Å². The minimum absolute atomic E-state index is 0.811. The van der Waals surface area contributed by atoms with Gasteiger partial charge < -0.3 is 0 Å². The van der Waals surface area contributed by atoms with Crippen molar-refractivity contribution in [2.75, 3.05) is 0 Å². The normalized spacial score (nSPS) is 12.3. The Morgan fingerprint density at radius 3 is 2.46 bits per heavy atom. The molecule has 0 bridgehead atoms. The van der Waals surface area contributed by atoms with Crippen LogP contribution in [0.1, 0.15) is 5.56 Å². The summed E-state index contributed by atoms with van der Waals surface area (Å²) in [6.07, 6.45) is 2.20. The maximum absolute atomic E-state index is 5.88. The van der Waals surface area contributed by atoms with E-state index < -0.39 is 18.4 Å². The Balaban J connectivity index is 2.80. The van der Waals surface area contributed by atoms with Crippen molar-refractivity contribution >= 4 is 36.1 Å². The molecule has 0 aliphatic heterocycles. The maximum atomic E-state index is 5.88. The Morgan fingerprint density at radius 2 is 1.92 bits per heavy atom. The Kier molecular flexibility index (Phi) is 3.86. The second-order valence-corrected chi connectivity index (χ2v) is 19.1. The van der Waals surface area contributed by atoms with Gasteiger partial charge in [-0.1, -0.05) is 0 Å². The molecule has 0 atom stereocenters. The Labute approximate surface area is 89.5 Å². The van der Waals surface area contributed by atoms with Gasteiger partial charge in [-0.25, -0.2) is 0 Å². The molecule has 1 rings (SSSR count). The molecule has 0 radical (unpaired) electrons. The van der Waals surface area contributed by atoms with Crippen molar-refractivity contribution in [3.8, 4) is 0 Å². The van der Waals surface area contributed by atoms with Crippen LogP contribution in [-0.4, -0.2) is 18.4 Å². The summed E-state index contributed by atoms with van der Waals surface area (Å²) in [5.74, 6) is 0. The standard InChI is InChI=1S/C8H6Cl.3CH3.Sn/c1-2-7-4-3-5-8(9)6-7;;;;/h1-6H;3*1H3;. The van der Waals surface area contributed by atoms with Gasteiger partial charge in [0.15, 0.2) is 0 Å². The SMILES string of the molecule is [CH3][Sn]([CH3])([CH3])/[CH]=C/c1cccc(Cl)c1. The molecule has 2 heteroatoms. The second kappa shape index (κ2) is 4.52. The van der Waals surface area contributed by atoms with Crippen LogP contribution in [0.5, 0.6) is 0 Å². The summed E-state index contributed by atoms with van der Waals surface area (Å²) in [4.78, 5) is 7.15. The van der Waals surface area contributed by atoms with Gasteiger partial charge >= 0.3 is 89.8 Å². The zero-order chi connectivity index (χ0) is 9.90. The van der Waals surface area contributed by atoms with Crippen molar-refractivity contribution in [3.63, 3.8) is 0 Å². The van der Waals surface area contributed by atoms with Crippen molar-refractivity contribution in [3.05, 3.63) is 38.9 Å². The van der Waals surface area contributed by atoms with E-state index in [-0.39, 0.29) is 0 Å². The predicted molar refractivity (Wildman–Crippen MR) is 63.8 cm³/mol. The molecule has 0 spiro atoms. The molecular weight excluding hydrogens is 286 g/mol. The minimum atomic E-state index is -1.75. The second-order valence-electron chi connectivity index (χ2n) is 4.25. The van der Waals surface area contributed by atoms with Crippen molar-refractivity contribution in [2.24, 2.45) is 0 Å². The van der Waals surface area contributed by atoms with E-state index in [1.807, 2.05) is 18.2 Å². The molecule has 0 saturated carbocycles. The molecule has 0 aliphatic rings. The van der Waals surface area contributed by atoms with Gasteiger partial charge in [-0.05, 0) is 0 Å². The van der Waals surface area contributed by atoms with Crippen LogP contribution in [0.2, 0.25) is 19.8 Å². The van der Waals surface area contributed by atoms with E-state index in [1.165, 1.54) is 5.56 Å². The van der Waals surface area contributed by atoms with Gasteiger partial charge in [-0.2, -0.15) is 0 Å². The number of rotatable bonds is 2. The van der Waals surface area contributed by atoms with E-state index in [9.17, 15) is 0 Å². The summed E-state index contributed by atoms with van der Waals surface area (Å²) in [5.41, 5.74) is 1.21. The van der Waals surface area contributed by atoms with Crippen molar-refractivity contribution in [1.82, 2.24) is 0 Å². The first-order valence-corrected chi connectivity index (χ1v) is 15.0. The molecule has 13 heavy (non-hydrogen) atoms. The third kappa shape index (κ3) is 4.72. The topological polar surface area (TPSA) is 0 Å². The molecular formula is C11H15ClSn. The quantitative estimate of drug-likeness (QED) is 0.717. The number of hydrogen-bond donors (Lipinski definition) is 0. The predicted octanol–water partition coefficient (Wildman–Crippen LogP) is 4.23. The van der Waals surface area contributed by atoms with E-state index in [0.29, 0.717) is 0 Å². The first-order chi connectivity index (χ1) is 5.97. The average Bonchev–Trinajstić information content (AvgIpc) is 2.00. The Bertz CT molecular complexity index is 310. The molecule has 0 heterocycles. The van der Waals surface area contributed by atoms with E-state index in [4.69, 9.17) is 11.6 Å². The van der Waals surface area contributed by atoms with Crippen LogP contribution in [-0.2, 0) is 0 Å². The van der Waals surface area contributed by atoms with Gasteiger partial charge in [-0.15, -0.1) is 0 Å². The fraction of sp³-hybridized carbons (Fsp3) is 0.273. The summed E-state index contributed by atoms with van der Waals surface area (Å²) in [6.45, 7) is 0. The van der Waals surface area contributed by atoms with Crippen LogP contribution in [0, 0.1) is 0 Å². The van der Waals surface area contributed by atoms with Gasteiger partial charge in [-0.3, -0.25) is 0 Å². The van der Waals surface area contributed by atoms with Crippen molar-refractivity contribution in [2.45, 2.75) is 14.8 Å². The molecule has 0 nitrogen and oxygen atoms in total. The van der Waals surface area contributed by atoms with Gasteiger partial charge in [0.25, 0.3) is 0 Å². The third-order valence-electron chi connectivity index (χ3n) is 1.62. The molecule has 0 N–H and O–H groups in total. The molecule has 0 amide bonds. The fourth-order valence-electron chi connectivity index (χ4n) is 0.956. The fourth-order valence-corrected chi connectivity index (χ4v) is 3.13. The molecule has 70 valence electrons. The van der Waals surface area contributed by atoms with E-state index >= 15 is 0 Å². The monoisotopic (exact) mass is 302 g/mol. The molecule has 0 fully saturated rings. The summed E-state index contributed by atoms with van der Waals surface area (Å²) in [7, 11) is 0. The van der Waals surface area contributed by atoms with Gasteiger partial charge in [0.2, 0.25) is 0 Å². The third-order valence-corrected chi connectivity index (χ3v) is 5.19. The number of halogens is 1. The molecule has 0 aliphatic carbocycles. The summed E-state index contributed by atoms with van der Waals surface area (Å²) in [5, 5.41) is 0.811. The Hall–Kier alpha value is 0.0487. The molecule has 0 saturated heterocycles. The van der Waals surface area contributed by atoms with Crippen molar-refractivity contribution in [1.29, 1.82) is 0 Å². The molecule has 1 aromatic carbocycles. The van der Waals surface area contributed by atoms with Gasteiger partial charge in [0.1, 0.15) is 0 Å². The zero-order valence-electron chi connectivity index (χ0n) is 8.34. The first-order valence-electron chi connectivity index (χ1n) is 4.42. The number of hydrogen-bond acceptors (Lipinski definition) is 0. The average molecular weight is 301 g/mol. The molecule has 0 aromatic heterocycles.